The molecule has 4 aromatic heterocycles. The highest BCUT2D eigenvalue weighted by atomic mass is 15.4. The van der Waals surface area contributed by atoms with Crippen LogP contribution in [-0.4, -0.2) is 36.3 Å². The average Bonchev–Trinajstić information content (AvgIpc) is 3.53. The Hall–Kier alpha value is -3.35. The third-order valence-electron chi connectivity index (χ3n) is 6.42. The molecular weight excluding hydrogens is 374 g/mol. The van der Waals surface area contributed by atoms with Gasteiger partial charge in [-0.15, -0.1) is 15.3 Å². The average molecular weight is 397 g/mol. The van der Waals surface area contributed by atoms with Crippen molar-refractivity contribution >= 4 is 11.5 Å². The third kappa shape index (κ3) is 2.84. The summed E-state index contributed by atoms with van der Waals surface area (Å²) in [6.07, 6.45) is 9.11. The van der Waals surface area contributed by atoms with E-state index in [4.69, 9.17) is 10.1 Å². The fourth-order valence-corrected chi connectivity index (χ4v) is 4.32. The van der Waals surface area contributed by atoms with Crippen molar-refractivity contribution in [1.82, 2.24) is 29.8 Å². The van der Waals surface area contributed by atoms with E-state index in [1.54, 1.807) is 10.8 Å². The summed E-state index contributed by atoms with van der Waals surface area (Å²) in [6, 6.07) is 6.62. The van der Waals surface area contributed by atoms with Gasteiger partial charge in [-0.05, 0) is 44.4 Å². The number of pyridine rings is 2. The summed E-state index contributed by atoms with van der Waals surface area (Å²) < 4.78 is 1.77. The lowest BCUT2D eigenvalue weighted by Gasteiger charge is -2.30. The normalized spacial score (nSPS) is 16.1. The number of hydrogen-bond acceptors (Lipinski definition) is 6. The van der Waals surface area contributed by atoms with Crippen LogP contribution < -0.4 is 4.90 Å². The van der Waals surface area contributed by atoms with Crippen molar-refractivity contribution in [1.29, 1.82) is 0 Å². The highest BCUT2D eigenvalue weighted by molar-refractivity contribution is 5.64. The maximum absolute atomic E-state index is 4.79. The van der Waals surface area contributed by atoms with Crippen molar-refractivity contribution in [3.05, 3.63) is 65.0 Å². The second-order valence-electron chi connectivity index (χ2n) is 8.42. The predicted octanol–water partition coefficient (Wildman–Crippen LogP) is 3.64. The minimum Gasteiger partial charge on any atom is -0.350 e. The first-order valence-corrected chi connectivity index (χ1v) is 10.5. The molecule has 0 radical (unpaired) electrons. The molecule has 0 N–H and O–H groups in total. The predicted molar refractivity (Wildman–Crippen MR) is 114 cm³/mol. The fourth-order valence-electron chi connectivity index (χ4n) is 4.32. The van der Waals surface area contributed by atoms with E-state index in [0.29, 0.717) is 5.92 Å². The van der Waals surface area contributed by atoms with Gasteiger partial charge in [-0.2, -0.15) is 4.52 Å². The largest absolute Gasteiger partial charge is 0.350 e. The van der Waals surface area contributed by atoms with E-state index in [0.717, 1.165) is 53.2 Å². The monoisotopic (exact) mass is 397 g/mol. The van der Waals surface area contributed by atoms with Gasteiger partial charge < -0.3 is 4.90 Å². The summed E-state index contributed by atoms with van der Waals surface area (Å²) in [4.78, 5) is 11.8. The van der Waals surface area contributed by atoms with Gasteiger partial charge in [-0.3, -0.25) is 9.97 Å². The number of hydrogen-bond donors (Lipinski definition) is 0. The second kappa shape index (κ2) is 6.58. The molecule has 0 amide bonds. The highest BCUT2D eigenvalue weighted by Crippen LogP contribution is 2.39. The van der Waals surface area contributed by atoms with Crippen molar-refractivity contribution < 1.29 is 0 Å². The molecule has 0 spiro atoms. The summed E-state index contributed by atoms with van der Waals surface area (Å²) in [7, 11) is 0. The van der Waals surface area contributed by atoms with Crippen molar-refractivity contribution in [2.45, 2.75) is 45.6 Å². The Morgan fingerprint density at radius 1 is 1.00 bits per heavy atom. The maximum Gasteiger partial charge on any atom is 0.180 e. The lowest BCUT2D eigenvalue weighted by molar-refractivity contribution is 0.688. The topological polar surface area (TPSA) is 72.1 Å². The first-order valence-electron chi connectivity index (χ1n) is 10.5. The van der Waals surface area contributed by atoms with Crippen molar-refractivity contribution in [2.75, 3.05) is 11.4 Å². The SMILES string of the molecule is Cc1c(N2CCc3ncc(-c4ccc(C5CC5)nc4)cc3C2)nn2cnnc2c1C. The molecule has 0 aromatic carbocycles. The smallest absolute Gasteiger partial charge is 0.180 e. The zero-order valence-electron chi connectivity index (χ0n) is 17.2. The molecule has 0 saturated heterocycles. The standard InChI is InChI=1S/C23H23N7/c1-14-15(2)23(28-30-13-26-27-22(14)30)29-8-7-21-19(12-29)9-18(11-25-21)17-5-6-20(24-10-17)16-3-4-16/h5-6,9-11,13,16H,3-4,7-8,12H2,1-2H3. The number of rotatable bonds is 3. The molecule has 0 atom stereocenters. The minimum atomic E-state index is 0.677. The first kappa shape index (κ1) is 17.5. The van der Waals surface area contributed by atoms with E-state index in [-0.39, 0.29) is 0 Å². The third-order valence-corrected chi connectivity index (χ3v) is 6.42. The molecule has 1 aliphatic carbocycles. The van der Waals surface area contributed by atoms with Crippen LogP contribution in [0.5, 0.6) is 0 Å². The van der Waals surface area contributed by atoms with Gasteiger partial charge in [-0.25, -0.2) is 0 Å². The van der Waals surface area contributed by atoms with E-state index in [1.807, 2.05) is 12.4 Å². The Morgan fingerprint density at radius 3 is 2.67 bits per heavy atom. The number of nitrogens with zero attached hydrogens (tertiary/aromatic N) is 7. The van der Waals surface area contributed by atoms with Crippen molar-refractivity contribution in [3.63, 3.8) is 0 Å². The molecule has 0 bridgehead atoms. The van der Waals surface area contributed by atoms with Gasteiger partial charge in [-0.1, -0.05) is 6.07 Å². The Kier molecular flexibility index (Phi) is 3.84. The number of aryl methyl sites for hydroxylation is 1. The Labute approximate surface area is 174 Å². The van der Waals surface area contributed by atoms with Crippen molar-refractivity contribution in [2.24, 2.45) is 0 Å². The minimum absolute atomic E-state index is 0.677. The van der Waals surface area contributed by atoms with Gasteiger partial charge in [0, 0.05) is 71.5 Å². The van der Waals surface area contributed by atoms with Gasteiger partial charge in [0.15, 0.2) is 11.5 Å². The molecule has 30 heavy (non-hydrogen) atoms. The molecule has 1 saturated carbocycles. The van der Waals surface area contributed by atoms with E-state index in [9.17, 15) is 0 Å². The lowest BCUT2D eigenvalue weighted by Crippen LogP contribution is -2.32. The molecule has 0 unspecified atom stereocenters. The first-order chi connectivity index (χ1) is 14.7. The number of anilines is 1. The van der Waals surface area contributed by atoms with Crippen LogP contribution in [0.4, 0.5) is 5.82 Å². The summed E-state index contributed by atoms with van der Waals surface area (Å²) >= 11 is 0. The van der Waals surface area contributed by atoms with Crippen LogP contribution >= 0.6 is 0 Å². The van der Waals surface area contributed by atoms with Crippen LogP contribution in [0.1, 0.15) is 46.8 Å². The van der Waals surface area contributed by atoms with E-state index >= 15 is 0 Å². The van der Waals surface area contributed by atoms with Crippen LogP contribution in [0.3, 0.4) is 0 Å². The van der Waals surface area contributed by atoms with Gasteiger partial charge in [0.2, 0.25) is 0 Å². The molecule has 4 aromatic rings. The van der Waals surface area contributed by atoms with E-state index < -0.39 is 0 Å². The van der Waals surface area contributed by atoms with E-state index in [2.05, 4.69) is 52.1 Å². The fraction of sp³-hybridized carbons (Fsp3) is 0.348. The quantitative estimate of drug-likeness (QED) is 0.526. The molecular formula is C23H23N7. The van der Waals surface area contributed by atoms with Crippen LogP contribution in [0.2, 0.25) is 0 Å². The van der Waals surface area contributed by atoms with E-state index in [1.165, 1.54) is 29.8 Å². The highest BCUT2D eigenvalue weighted by Gasteiger charge is 2.25. The van der Waals surface area contributed by atoms with Crippen LogP contribution in [-0.2, 0) is 13.0 Å². The van der Waals surface area contributed by atoms with Gasteiger partial charge in [0.05, 0.1) is 0 Å². The molecule has 7 heteroatoms. The Balaban J connectivity index is 1.33. The van der Waals surface area contributed by atoms with Gasteiger partial charge >= 0.3 is 0 Å². The van der Waals surface area contributed by atoms with Crippen molar-refractivity contribution in [3.8, 4) is 11.1 Å². The molecule has 2 aliphatic rings. The zero-order valence-corrected chi connectivity index (χ0v) is 17.2. The van der Waals surface area contributed by atoms with Crippen LogP contribution in [0, 0.1) is 13.8 Å². The van der Waals surface area contributed by atoms with Gasteiger partial charge in [0.25, 0.3) is 0 Å². The number of aromatic nitrogens is 6. The summed E-state index contributed by atoms with van der Waals surface area (Å²) in [5.74, 6) is 1.67. The molecule has 5 heterocycles. The summed E-state index contributed by atoms with van der Waals surface area (Å²) in [5.41, 5.74) is 9.00. The number of fused-ring (bicyclic) bond motifs is 2. The Morgan fingerprint density at radius 2 is 1.87 bits per heavy atom. The molecule has 150 valence electrons. The van der Waals surface area contributed by atoms with Gasteiger partial charge in [0.1, 0.15) is 6.33 Å². The Bertz CT molecular complexity index is 1250. The zero-order chi connectivity index (χ0) is 20.2. The lowest BCUT2D eigenvalue weighted by atomic mass is 10.00. The summed E-state index contributed by atoms with van der Waals surface area (Å²) in [6.45, 7) is 5.90. The molecule has 6 rings (SSSR count). The summed E-state index contributed by atoms with van der Waals surface area (Å²) in [5, 5.41) is 13.0. The second-order valence-corrected chi connectivity index (χ2v) is 8.42. The molecule has 7 nitrogen and oxygen atoms in total. The molecule has 1 fully saturated rings. The molecule has 1 aliphatic heterocycles. The van der Waals surface area contributed by atoms with Crippen LogP contribution in [0.25, 0.3) is 16.8 Å². The maximum atomic E-state index is 4.79. The van der Waals surface area contributed by atoms with Crippen LogP contribution in [0.15, 0.2) is 36.9 Å².